The van der Waals surface area contributed by atoms with Gasteiger partial charge in [0.2, 0.25) is 0 Å². The number of carboxylic acids is 1. The molecule has 0 bridgehead atoms. The molecular weight excluding hydrogens is 446 g/mol. The number of benzene rings is 2. The topological polar surface area (TPSA) is 52.9 Å². The number of hydrogen-bond acceptors (Lipinski definition) is 4. The highest BCUT2D eigenvalue weighted by molar-refractivity contribution is 8.18. The highest BCUT2D eigenvalue weighted by Crippen LogP contribution is 2.56. The van der Waals surface area contributed by atoms with Gasteiger partial charge >= 0.3 is 5.97 Å². The monoisotopic (exact) mass is 464 g/mol. The molecule has 30 heavy (non-hydrogen) atoms. The van der Waals surface area contributed by atoms with Gasteiger partial charge in [-0.05, 0) is 60.0 Å². The summed E-state index contributed by atoms with van der Waals surface area (Å²) >= 11 is 13.1. The smallest absolute Gasteiger partial charge is 0.344 e. The van der Waals surface area contributed by atoms with Gasteiger partial charge < -0.3 is 10.0 Å². The number of thioether (sulfide) groups is 1. The van der Waals surface area contributed by atoms with Crippen molar-refractivity contribution in [3.8, 4) is 0 Å². The molecule has 2 atom stereocenters. The number of halogens is 3. The van der Waals surface area contributed by atoms with Crippen LogP contribution in [-0.4, -0.2) is 21.1 Å². The number of aliphatic imine (C=N–C) groups is 1. The predicted octanol–water partition coefficient (Wildman–Crippen LogP) is 6.46. The summed E-state index contributed by atoms with van der Waals surface area (Å²) in [5.74, 6) is -1.58. The molecule has 4 rings (SSSR count). The third kappa shape index (κ3) is 3.31. The first kappa shape index (κ1) is 21.2. The summed E-state index contributed by atoms with van der Waals surface area (Å²) < 4.78 is 14.4. The minimum atomic E-state index is -0.991. The molecule has 0 radical (unpaired) electrons. The fraction of sp³-hybridized carbons (Fsp3) is 0.273. The zero-order chi connectivity index (χ0) is 21.8. The molecule has 4 nitrogen and oxygen atoms in total. The van der Waals surface area contributed by atoms with Crippen molar-refractivity contribution in [2.24, 2.45) is 10.9 Å². The van der Waals surface area contributed by atoms with E-state index >= 15 is 0 Å². The van der Waals surface area contributed by atoms with E-state index < -0.39 is 23.4 Å². The Morgan fingerprint density at radius 2 is 1.90 bits per heavy atom. The minimum absolute atomic E-state index is 0.0349. The van der Waals surface area contributed by atoms with Gasteiger partial charge in [-0.25, -0.2) is 14.2 Å². The van der Waals surface area contributed by atoms with Gasteiger partial charge in [-0.3, -0.25) is 0 Å². The van der Waals surface area contributed by atoms with Crippen LogP contribution in [0.4, 0.5) is 4.39 Å². The SMILES string of the molecule is CC(C)C1=C(C(=O)O)SC2=N[C@@](C)(c3ccc(Cl)cc3)[C@@H](c3ccc(Cl)c(F)c3)N21. The van der Waals surface area contributed by atoms with Crippen LogP contribution < -0.4 is 0 Å². The third-order valence-electron chi connectivity index (χ3n) is 5.44. The molecular formula is C22H19Cl2FN2O2S. The molecule has 156 valence electrons. The fourth-order valence-electron chi connectivity index (χ4n) is 4.10. The molecule has 0 spiro atoms. The van der Waals surface area contributed by atoms with Crippen LogP contribution in [0, 0.1) is 11.7 Å². The molecule has 2 aliphatic heterocycles. The maximum absolute atomic E-state index is 14.4. The van der Waals surface area contributed by atoms with Gasteiger partial charge in [-0.2, -0.15) is 0 Å². The van der Waals surface area contributed by atoms with E-state index in [9.17, 15) is 14.3 Å². The molecule has 2 heterocycles. The van der Waals surface area contributed by atoms with Crippen molar-refractivity contribution >= 4 is 46.1 Å². The molecule has 2 aromatic carbocycles. The Morgan fingerprint density at radius 1 is 1.23 bits per heavy atom. The largest absolute Gasteiger partial charge is 0.477 e. The highest BCUT2D eigenvalue weighted by atomic mass is 35.5. The van der Waals surface area contributed by atoms with Gasteiger partial charge in [0.15, 0.2) is 5.17 Å². The Kier molecular flexibility index (Phi) is 5.37. The second kappa shape index (κ2) is 7.59. The summed E-state index contributed by atoms with van der Waals surface area (Å²) in [5.41, 5.74) is 1.45. The molecule has 0 amide bonds. The average molecular weight is 465 g/mol. The molecule has 2 aliphatic rings. The minimum Gasteiger partial charge on any atom is -0.477 e. The van der Waals surface area contributed by atoms with E-state index in [2.05, 4.69) is 0 Å². The van der Waals surface area contributed by atoms with Gasteiger partial charge in [-0.1, -0.05) is 55.2 Å². The van der Waals surface area contributed by atoms with Gasteiger partial charge in [0.1, 0.15) is 16.3 Å². The lowest BCUT2D eigenvalue weighted by Crippen LogP contribution is -2.36. The van der Waals surface area contributed by atoms with Crippen LogP contribution in [0.5, 0.6) is 0 Å². The van der Waals surface area contributed by atoms with Gasteiger partial charge in [0.25, 0.3) is 0 Å². The van der Waals surface area contributed by atoms with Gasteiger partial charge in [-0.15, -0.1) is 0 Å². The molecule has 8 heteroatoms. The summed E-state index contributed by atoms with van der Waals surface area (Å²) in [6.07, 6.45) is 0. The lowest BCUT2D eigenvalue weighted by molar-refractivity contribution is -0.131. The maximum atomic E-state index is 14.4. The second-order valence-electron chi connectivity index (χ2n) is 7.77. The Hall–Kier alpha value is -2.02. The Bertz CT molecular complexity index is 1100. The molecule has 0 unspecified atom stereocenters. The number of rotatable bonds is 4. The number of fused-ring (bicyclic) bond motifs is 1. The first-order valence-electron chi connectivity index (χ1n) is 9.39. The normalized spacial score (nSPS) is 23.2. The molecule has 2 aromatic rings. The third-order valence-corrected chi connectivity index (χ3v) is 7.06. The summed E-state index contributed by atoms with van der Waals surface area (Å²) in [4.78, 5) is 19.1. The van der Waals surface area contributed by atoms with Crippen LogP contribution >= 0.6 is 35.0 Å². The number of carbonyl (C=O) groups is 1. The molecule has 1 N–H and O–H groups in total. The number of allylic oxidation sites excluding steroid dienone is 1. The number of nitrogens with zero attached hydrogens (tertiary/aromatic N) is 2. The van der Waals surface area contributed by atoms with Gasteiger partial charge in [0, 0.05) is 10.7 Å². The fourth-order valence-corrected chi connectivity index (χ4v) is 5.59. The van der Waals surface area contributed by atoms with Crippen LogP contribution in [0.15, 0.2) is 58.1 Å². The number of amidine groups is 1. The lowest BCUT2D eigenvalue weighted by atomic mass is 9.81. The van der Waals surface area contributed by atoms with Crippen molar-refractivity contribution in [3.63, 3.8) is 0 Å². The van der Waals surface area contributed by atoms with E-state index in [1.54, 1.807) is 18.2 Å². The Labute approximate surface area is 188 Å². The molecule has 0 aliphatic carbocycles. The van der Waals surface area contributed by atoms with Crippen molar-refractivity contribution in [2.75, 3.05) is 0 Å². The van der Waals surface area contributed by atoms with Gasteiger partial charge in [0.05, 0.1) is 11.1 Å². The first-order chi connectivity index (χ1) is 14.1. The van der Waals surface area contributed by atoms with E-state index in [1.165, 1.54) is 12.1 Å². The average Bonchev–Trinajstić information content (AvgIpc) is 3.17. The van der Waals surface area contributed by atoms with Crippen LogP contribution in [0.1, 0.15) is 37.9 Å². The van der Waals surface area contributed by atoms with Crippen LogP contribution in [0.25, 0.3) is 0 Å². The zero-order valence-electron chi connectivity index (χ0n) is 16.5. The molecule has 0 fully saturated rings. The predicted molar refractivity (Wildman–Crippen MR) is 119 cm³/mol. The molecule has 0 aromatic heterocycles. The van der Waals surface area contributed by atoms with E-state index in [0.29, 0.717) is 21.5 Å². The van der Waals surface area contributed by atoms with Crippen LogP contribution in [0.3, 0.4) is 0 Å². The summed E-state index contributed by atoms with van der Waals surface area (Å²) in [6.45, 7) is 5.86. The maximum Gasteiger partial charge on any atom is 0.344 e. The summed E-state index contributed by atoms with van der Waals surface area (Å²) in [6, 6.07) is 11.6. The lowest BCUT2D eigenvalue weighted by Gasteiger charge is -2.37. The Morgan fingerprint density at radius 3 is 2.47 bits per heavy atom. The molecule has 0 saturated carbocycles. The van der Waals surface area contributed by atoms with Crippen molar-refractivity contribution in [1.29, 1.82) is 0 Å². The standard InChI is InChI=1S/C22H19Cl2FN2O2S/c1-11(2)17-18(20(28)29)30-21-26-22(3,13-5-7-14(23)8-6-13)19(27(17)21)12-4-9-15(24)16(25)10-12/h4-11,19H,1-3H3,(H,28,29)/t19-,22+/m1/s1. The van der Waals surface area contributed by atoms with Crippen molar-refractivity contribution < 1.29 is 14.3 Å². The summed E-state index contributed by atoms with van der Waals surface area (Å²) in [5, 5.41) is 11.0. The van der Waals surface area contributed by atoms with E-state index in [-0.39, 0.29) is 15.8 Å². The van der Waals surface area contributed by atoms with E-state index in [1.807, 2.05) is 37.8 Å². The number of aliphatic carboxylic acids is 1. The van der Waals surface area contributed by atoms with E-state index in [4.69, 9.17) is 28.2 Å². The van der Waals surface area contributed by atoms with Crippen LogP contribution in [0.2, 0.25) is 10.0 Å². The summed E-state index contributed by atoms with van der Waals surface area (Å²) in [7, 11) is 0. The second-order valence-corrected chi connectivity index (χ2v) is 9.59. The van der Waals surface area contributed by atoms with Crippen molar-refractivity contribution in [1.82, 2.24) is 4.90 Å². The van der Waals surface area contributed by atoms with Crippen molar-refractivity contribution in [2.45, 2.75) is 32.4 Å². The van der Waals surface area contributed by atoms with E-state index in [0.717, 1.165) is 17.3 Å². The van der Waals surface area contributed by atoms with Crippen LogP contribution in [-0.2, 0) is 10.3 Å². The number of hydrogen-bond donors (Lipinski definition) is 1. The Balaban J connectivity index is 1.94. The zero-order valence-corrected chi connectivity index (χ0v) is 18.8. The quantitative estimate of drug-likeness (QED) is 0.563. The molecule has 0 saturated heterocycles. The number of carboxylic acid groups (broad SMARTS) is 1. The highest BCUT2D eigenvalue weighted by Gasteiger charge is 2.53. The van der Waals surface area contributed by atoms with Crippen molar-refractivity contribution in [3.05, 3.63) is 80.1 Å². The first-order valence-corrected chi connectivity index (χ1v) is 11.0.